The lowest BCUT2D eigenvalue weighted by atomic mass is 10.4. The highest BCUT2D eigenvalue weighted by Gasteiger charge is 2.01. The summed E-state index contributed by atoms with van der Waals surface area (Å²) >= 11 is 3.26. The second-order valence-corrected chi connectivity index (χ2v) is 5.15. The molecule has 15 heavy (non-hydrogen) atoms. The van der Waals surface area contributed by atoms with Gasteiger partial charge in [0.15, 0.2) is 0 Å². The first-order chi connectivity index (χ1) is 7.33. The molecule has 82 valence electrons. The predicted octanol–water partition coefficient (Wildman–Crippen LogP) is 2.92. The number of hydrogen-bond acceptors (Lipinski definition) is 3. The standard InChI is InChI=1S/C11H15NOS2/c1-2-3-4-7-12-10(13)9-15-11-6-5-8-14-11/h2-3,5-6,8H,4,7,9H2,1H3,(H,12,13)/b3-2+. The van der Waals surface area contributed by atoms with Gasteiger partial charge in [0.25, 0.3) is 0 Å². The molecule has 0 unspecified atom stereocenters. The molecular formula is C11H15NOS2. The molecule has 0 saturated heterocycles. The Morgan fingerprint density at radius 1 is 1.67 bits per heavy atom. The number of hydrogen-bond donors (Lipinski definition) is 1. The Bertz CT molecular complexity index is 306. The molecule has 0 fully saturated rings. The van der Waals surface area contributed by atoms with Gasteiger partial charge in [-0.2, -0.15) is 0 Å². The number of thioether (sulfide) groups is 1. The molecule has 1 heterocycles. The minimum Gasteiger partial charge on any atom is -0.355 e. The summed E-state index contributed by atoms with van der Waals surface area (Å²) in [5.74, 6) is 0.619. The van der Waals surface area contributed by atoms with E-state index < -0.39 is 0 Å². The normalized spacial score (nSPS) is 10.7. The molecule has 1 aromatic heterocycles. The molecule has 2 nitrogen and oxygen atoms in total. The Hall–Kier alpha value is -0.740. The molecule has 0 spiro atoms. The molecule has 0 aliphatic carbocycles. The maximum Gasteiger partial charge on any atom is 0.230 e. The lowest BCUT2D eigenvalue weighted by Crippen LogP contribution is -2.25. The lowest BCUT2D eigenvalue weighted by Gasteiger charge is -2.01. The molecule has 1 aromatic rings. The second-order valence-electron chi connectivity index (χ2n) is 2.93. The van der Waals surface area contributed by atoms with E-state index in [1.54, 1.807) is 23.1 Å². The van der Waals surface area contributed by atoms with E-state index in [2.05, 4.69) is 5.32 Å². The first-order valence-corrected chi connectivity index (χ1v) is 6.73. The van der Waals surface area contributed by atoms with E-state index >= 15 is 0 Å². The molecule has 0 saturated carbocycles. The molecule has 0 aromatic carbocycles. The van der Waals surface area contributed by atoms with E-state index in [9.17, 15) is 4.79 Å². The fraction of sp³-hybridized carbons (Fsp3) is 0.364. The summed E-state index contributed by atoms with van der Waals surface area (Å²) < 4.78 is 1.19. The first kappa shape index (κ1) is 12.3. The summed E-state index contributed by atoms with van der Waals surface area (Å²) in [7, 11) is 0. The average molecular weight is 241 g/mol. The lowest BCUT2D eigenvalue weighted by molar-refractivity contribution is -0.118. The van der Waals surface area contributed by atoms with Crippen LogP contribution in [0, 0.1) is 0 Å². The van der Waals surface area contributed by atoms with Gasteiger partial charge >= 0.3 is 0 Å². The molecule has 0 aliphatic heterocycles. The number of amides is 1. The zero-order valence-electron chi connectivity index (χ0n) is 8.73. The molecule has 0 bridgehead atoms. The summed E-state index contributed by atoms with van der Waals surface area (Å²) in [4.78, 5) is 11.3. The van der Waals surface area contributed by atoms with E-state index in [-0.39, 0.29) is 5.91 Å². The third kappa shape index (κ3) is 5.64. The molecule has 0 atom stereocenters. The van der Waals surface area contributed by atoms with Crippen molar-refractivity contribution >= 4 is 29.0 Å². The van der Waals surface area contributed by atoms with Crippen LogP contribution in [0.4, 0.5) is 0 Å². The van der Waals surface area contributed by atoms with Gasteiger partial charge < -0.3 is 5.32 Å². The van der Waals surface area contributed by atoms with Crippen LogP contribution in [0.3, 0.4) is 0 Å². The monoisotopic (exact) mass is 241 g/mol. The van der Waals surface area contributed by atoms with Gasteiger partial charge in [-0.15, -0.1) is 23.1 Å². The number of thiophene rings is 1. The number of nitrogens with one attached hydrogen (secondary N) is 1. The van der Waals surface area contributed by atoms with Crippen LogP contribution in [0.25, 0.3) is 0 Å². The van der Waals surface area contributed by atoms with Crippen LogP contribution in [0.2, 0.25) is 0 Å². The van der Waals surface area contributed by atoms with E-state index in [1.165, 1.54) is 4.21 Å². The van der Waals surface area contributed by atoms with Crippen molar-refractivity contribution in [1.82, 2.24) is 5.32 Å². The molecule has 0 aliphatic rings. The highest BCUT2D eigenvalue weighted by Crippen LogP contribution is 2.22. The number of allylic oxidation sites excluding steroid dienone is 1. The summed E-state index contributed by atoms with van der Waals surface area (Å²) in [6, 6.07) is 4.03. The quantitative estimate of drug-likeness (QED) is 0.471. The Kier molecular flexibility index (Phi) is 6.20. The van der Waals surface area contributed by atoms with Crippen molar-refractivity contribution in [2.24, 2.45) is 0 Å². The largest absolute Gasteiger partial charge is 0.355 e. The average Bonchev–Trinajstić information content (AvgIpc) is 2.74. The maximum atomic E-state index is 11.3. The molecule has 0 radical (unpaired) electrons. The van der Waals surface area contributed by atoms with Crippen molar-refractivity contribution in [2.75, 3.05) is 12.3 Å². The maximum absolute atomic E-state index is 11.3. The predicted molar refractivity (Wildman–Crippen MR) is 67.5 cm³/mol. The van der Waals surface area contributed by atoms with Crippen LogP contribution in [0.15, 0.2) is 33.9 Å². The van der Waals surface area contributed by atoms with Crippen LogP contribution in [-0.2, 0) is 4.79 Å². The van der Waals surface area contributed by atoms with Crippen molar-refractivity contribution < 1.29 is 4.79 Å². The smallest absolute Gasteiger partial charge is 0.230 e. The zero-order valence-corrected chi connectivity index (χ0v) is 10.4. The fourth-order valence-corrected chi connectivity index (χ4v) is 2.61. The van der Waals surface area contributed by atoms with Gasteiger partial charge in [-0.3, -0.25) is 4.79 Å². The van der Waals surface area contributed by atoms with Crippen molar-refractivity contribution in [3.05, 3.63) is 29.7 Å². The fourth-order valence-electron chi connectivity index (χ4n) is 0.995. The zero-order chi connectivity index (χ0) is 10.9. The van der Waals surface area contributed by atoms with E-state index in [4.69, 9.17) is 0 Å². The Labute approximate surface area is 98.8 Å². The van der Waals surface area contributed by atoms with Gasteiger partial charge in [0.1, 0.15) is 0 Å². The van der Waals surface area contributed by atoms with Gasteiger partial charge in [-0.25, -0.2) is 0 Å². The van der Waals surface area contributed by atoms with Gasteiger partial charge in [0.05, 0.1) is 9.96 Å². The third-order valence-electron chi connectivity index (χ3n) is 1.71. The van der Waals surface area contributed by atoms with E-state index in [0.29, 0.717) is 5.75 Å². The molecular weight excluding hydrogens is 226 g/mol. The van der Waals surface area contributed by atoms with Crippen molar-refractivity contribution in [3.63, 3.8) is 0 Å². The summed E-state index contributed by atoms with van der Waals surface area (Å²) in [6.45, 7) is 2.71. The minimum absolute atomic E-state index is 0.109. The highest BCUT2D eigenvalue weighted by molar-refractivity contribution is 8.01. The van der Waals surface area contributed by atoms with Crippen LogP contribution in [0.1, 0.15) is 13.3 Å². The minimum atomic E-state index is 0.109. The SMILES string of the molecule is C/C=C/CCNC(=O)CSc1cccs1. The highest BCUT2D eigenvalue weighted by atomic mass is 32.2. The number of rotatable bonds is 6. The van der Waals surface area contributed by atoms with Crippen LogP contribution >= 0.6 is 23.1 Å². The second kappa shape index (κ2) is 7.54. The van der Waals surface area contributed by atoms with Crippen LogP contribution in [0.5, 0.6) is 0 Å². The molecule has 1 rings (SSSR count). The summed E-state index contributed by atoms with van der Waals surface area (Å²) in [5.41, 5.74) is 0. The van der Waals surface area contributed by atoms with Gasteiger partial charge in [0, 0.05) is 6.54 Å². The summed E-state index contributed by atoms with van der Waals surface area (Å²) in [6.07, 6.45) is 4.95. The molecule has 1 amide bonds. The van der Waals surface area contributed by atoms with Crippen molar-refractivity contribution in [2.45, 2.75) is 17.6 Å². The van der Waals surface area contributed by atoms with E-state index in [1.807, 2.05) is 36.6 Å². The number of carbonyl (C=O) groups is 1. The molecule has 4 heteroatoms. The number of carbonyl (C=O) groups excluding carboxylic acids is 1. The van der Waals surface area contributed by atoms with Gasteiger partial charge in [0.2, 0.25) is 5.91 Å². The van der Waals surface area contributed by atoms with Gasteiger partial charge in [-0.1, -0.05) is 18.2 Å². The van der Waals surface area contributed by atoms with Crippen molar-refractivity contribution in [3.8, 4) is 0 Å². The third-order valence-corrected chi connectivity index (χ3v) is 3.84. The topological polar surface area (TPSA) is 29.1 Å². The van der Waals surface area contributed by atoms with Crippen molar-refractivity contribution in [1.29, 1.82) is 0 Å². The molecule has 1 N–H and O–H groups in total. The Balaban J connectivity index is 2.08. The Morgan fingerprint density at radius 3 is 3.20 bits per heavy atom. The van der Waals surface area contributed by atoms with Gasteiger partial charge in [-0.05, 0) is 24.8 Å². The van der Waals surface area contributed by atoms with Crippen LogP contribution < -0.4 is 5.32 Å². The first-order valence-electron chi connectivity index (χ1n) is 4.87. The Morgan fingerprint density at radius 2 is 2.53 bits per heavy atom. The summed E-state index contributed by atoms with van der Waals surface area (Å²) in [5, 5.41) is 4.89. The van der Waals surface area contributed by atoms with Crippen LogP contribution in [-0.4, -0.2) is 18.2 Å². The van der Waals surface area contributed by atoms with E-state index in [0.717, 1.165) is 13.0 Å².